The number of carboxylic acid groups (broad SMARTS) is 1. The van der Waals surface area contributed by atoms with Crippen LogP contribution in [0.1, 0.15) is 19.8 Å². The summed E-state index contributed by atoms with van der Waals surface area (Å²) < 4.78 is 5.29. The van der Waals surface area contributed by atoms with Crippen molar-refractivity contribution in [3.05, 3.63) is 0 Å². The van der Waals surface area contributed by atoms with Crippen LogP contribution in [0, 0.1) is 0 Å². The summed E-state index contributed by atoms with van der Waals surface area (Å²) in [7, 11) is 0. The molecule has 0 aliphatic carbocycles. The number of urea groups is 1. The van der Waals surface area contributed by atoms with E-state index < -0.39 is 5.97 Å². The molecule has 0 saturated carbocycles. The number of nitrogens with zero attached hydrogens (tertiary/aromatic N) is 3. The molecule has 0 aromatic carbocycles. The van der Waals surface area contributed by atoms with Crippen LogP contribution in [0.25, 0.3) is 0 Å². The highest BCUT2D eigenvalue weighted by Gasteiger charge is 2.28. The van der Waals surface area contributed by atoms with Crippen LogP contribution >= 0.6 is 0 Å². The second-order valence-corrected chi connectivity index (χ2v) is 5.60. The van der Waals surface area contributed by atoms with E-state index in [9.17, 15) is 9.59 Å². The molecule has 0 atom stereocenters. The van der Waals surface area contributed by atoms with Gasteiger partial charge in [-0.15, -0.1) is 0 Å². The predicted molar refractivity (Wildman–Crippen MR) is 77.3 cm³/mol. The van der Waals surface area contributed by atoms with E-state index in [1.54, 1.807) is 0 Å². The second-order valence-electron chi connectivity index (χ2n) is 5.60. The van der Waals surface area contributed by atoms with Gasteiger partial charge in [-0.2, -0.15) is 0 Å². The molecule has 7 heteroatoms. The summed E-state index contributed by atoms with van der Waals surface area (Å²) in [5.41, 5.74) is 0. The molecule has 2 saturated heterocycles. The van der Waals surface area contributed by atoms with Gasteiger partial charge in [0, 0.05) is 39.3 Å². The van der Waals surface area contributed by atoms with E-state index in [0.29, 0.717) is 25.9 Å². The molecule has 2 rings (SSSR count). The Balaban J connectivity index is 1.72. The fourth-order valence-electron chi connectivity index (χ4n) is 2.86. The quantitative estimate of drug-likeness (QED) is 0.809. The number of likely N-dealkylation sites (tertiary alicyclic amines) is 1. The van der Waals surface area contributed by atoms with Crippen molar-refractivity contribution in [2.24, 2.45) is 0 Å². The van der Waals surface area contributed by atoms with Crippen LogP contribution in [0.3, 0.4) is 0 Å². The van der Waals surface area contributed by atoms with Gasteiger partial charge in [-0.05, 0) is 19.4 Å². The molecular formula is C14H25N3O4. The summed E-state index contributed by atoms with van der Waals surface area (Å²) in [5.74, 6) is -0.942. The third-order valence-corrected chi connectivity index (χ3v) is 4.25. The van der Waals surface area contributed by atoms with Gasteiger partial charge in [-0.1, -0.05) is 6.92 Å². The molecule has 120 valence electrons. The average Bonchev–Trinajstić information content (AvgIpc) is 2.53. The largest absolute Gasteiger partial charge is 0.480 e. The fraction of sp³-hybridized carbons (Fsp3) is 0.857. The zero-order valence-corrected chi connectivity index (χ0v) is 12.7. The van der Waals surface area contributed by atoms with Gasteiger partial charge >= 0.3 is 12.0 Å². The molecule has 2 aliphatic heterocycles. The Bertz CT molecular complexity index is 361. The Labute approximate surface area is 125 Å². The highest BCUT2D eigenvalue weighted by Crippen LogP contribution is 2.16. The molecule has 7 nitrogen and oxygen atoms in total. The monoisotopic (exact) mass is 299 g/mol. The third kappa shape index (κ3) is 4.57. The van der Waals surface area contributed by atoms with Crippen molar-refractivity contribution < 1.29 is 19.4 Å². The molecule has 21 heavy (non-hydrogen) atoms. The SMILES string of the molecule is CCN1CCN(C(=O)N2CCC(OCC(=O)O)CC2)CC1. The van der Waals surface area contributed by atoms with Gasteiger partial charge in [0.1, 0.15) is 6.61 Å². The van der Waals surface area contributed by atoms with Crippen LogP contribution in [-0.2, 0) is 9.53 Å². The highest BCUT2D eigenvalue weighted by molar-refractivity contribution is 5.74. The zero-order valence-electron chi connectivity index (χ0n) is 12.7. The Morgan fingerprint density at radius 3 is 2.14 bits per heavy atom. The Kier molecular flexibility index (Phi) is 5.81. The molecule has 0 spiro atoms. The molecule has 2 heterocycles. The third-order valence-electron chi connectivity index (χ3n) is 4.25. The summed E-state index contributed by atoms with van der Waals surface area (Å²) in [6.07, 6.45) is 1.39. The standard InChI is InChI=1S/C14H25N3O4/c1-2-15-7-9-17(10-8-15)14(20)16-5-3-12(4-6-16)21-11-13(18)19/h12H,2-11H2,1H3,(H,18,19). The summed E-state index contributed by atoms with van der Waals surface area (Å²) in [6.45, 7) is 7.70. The van der Waals surface area contributed by atoms with E-state index in [1.807, 2.05) is 9.80 Å². The Morgan fingerprint density at radius 2 is 1.62 bits per heavy atom. The van der Waals surface area contributed by atoms with Gasteiger partial charge in [0.05, 0.1) is 6.10 Å². The summed E-state index contributed by atoms with van der Waals surface area (Å²) >= 11 is 0. The van der Waals surface area contributed by atoms with Crippen molar-refractivity contribution in [1.82, 2.24) is 14.7 Å². The number of likely N-dealkylation sites (N-methyl/N-ethyl adjacent to an activating group) is 1. The number of hydrogen-bond donors (Lipinski definition) is 1. The van der Waals surface area contributed by atoms with Gasteiger partial charge in [0.15, 0.2) is 0 Å². The van der Waals surface area contributed by atoms with Gasteiger partial charge in [0.25, 0.3) is 0 Å². The Hall–Kier alpha value is -1.34. The number of rotatable bonds is 4. The number of hydrogen-bond acceptors (Lipinski definition) is 4. The van der Waals surface area contributed by atoms with Crippen molar-refractivity contribution in [1.29, 1.82) is 0 Å². The van der Waals surface area contributed by atoms with Crippen molar-refractivity contribution >= 4 is 12.0 Å². The first-order valence-corrected chi connectivity index (χ1v) is 7.69. The topological polar surface area (TPSA) is 73.3 Å². The van der Waals surface area contributed by atoms with Gasteiger partial charge in [-0.25, -0.2) is 9.59 Å². The molecule has 0 bridgehead atoms. The number of carboxylic acids is 1. The van der Waals surface area contributed by atoms with Gasteiger partial charge < -0.3 is 24.5 Å². The van der Waals surface area contributed by atoms with E-state index >= 15 is 0 Å². The molecule has 2 amide bonds. The van der Waals surface area contributed by atoms with Crippen LogP contribution < -0.4 is 0 Å². The number of ether oxygens (including phenoxy) is 1. The lowest BCUT2D eigenvalue weighted by Crippen LogP contribution is -2.54. The number of carbonyl (C=O) groups is 2. The molecule has 0 radical (unpaired) electrons. The lowest BCUT2D eigenvalue weighted by molar-refractivity contribution is -0.145. The van der Waals surface area contributed by atoms with E-state index in [4.69, 9.17) is 9.84 Å². The van der Waals surface area contributed by atoms with Crippen molar-refractivity contribution in [3.8, 4) is 0 Å². The second kappa shape index (κ2) is 7.61. The van der Waals surface area contributed by atoms with E-state index in [1.165, 1.54) is 0 Å². The zero-order chi connectivity index (χ0) is 15.2. The van der Waals surface area contributed by atoms with E-state index in [-0.39, 0.29) is 18.7 Å². The first-order chi connectivity index (χ1) is 10.1. The highest BCUT2D eigenvalue weighted by atomic mass is 16.5. The summed E-state index contributed by atoms with van der Waals surface area (Å²) in [6, 6.07) is 0.113. The molecule has 0 unspecified atom stereocenters. The van der Waals surface area contributed by atoms with Crippen LogP contribution in [0.2, 0.25) is 0 Å². The molecule has 0 aromatic heterocycles. The maximum atomic E-state index is 12.4. The van der Waals surface area contributed by atoms with Crippen molar-refractivity contribution in [3.63, 3.8) is 0 Å². The minimum atomic E-state index is -0.942. The Morgan fingerprint density at radius 1 is 1.05 bits per heavy atom. The number of amides is 2. The molecule has 1 N–H and O–H groups in total. The lowest BCUT2D eigenvalue weighted by atomic mass is 10.1. The van der Waals surface area contributed by atoms with Crippen molar-refractivity contribution in [2.45, 2.75) is 25.9 Å². The smallest absolute Gasteiger partial charge is 0.329 e. The molecular weight excluding hydrogens is 274 g/mol. The van der Waals surface area contributed by atoms with Crippen molar-refractivity contribution in [2.75, 3.05) is 52.4 Å². The number of aliphatic carboxylic acids is 1. The minimum absolute atomic E-state index is 0.0397. The first-order valence-electron chi connectivity index (χ1n) is 7.69. The van der Waals surface area contributed by atoms with Gasteiger partial charge in [-0.3, -0.25) is 0 Å². The lowest BCUT2D eigenvalue weighted by Gasteiger charge is -2.39. The number of piperidine rings is 1. The number of piperazine rings is 1. The van der Waals surface area contributed by atoms with E-state index in [0.717, 1.165) is 32.7 Å². The summed E-state index contributed by atoms with van der Waals surface area (Å²) in [4.78, 5) is 29.0. The van der Waals surface area contributed by atoms with Crippen LogP contribution in [0.5, 0.6) is 0 Å². The maximum absolute atomic E-state index is 12.4. The first kappa shape index (κ1) is 16.0. The maximum Gasteiger partial charge on any atom is 0.329 e. The summed E-state index contributed by atoms with van der Waals surface area (Å²) in [5, 5.41) is 8.60. The van der Waals surface area contributed by atoms with Crippen LogP contribution in [0.4, 0.5) is 4.79 Å². The fourth-order valence-corrected chi connectivity index (χ4v) is 2.86. The minimum Gasteiger partial charge on any atom is -0.480 e. The average molecular weight is 299 g/mol. The van der Waals surface area contributed by atoms with Crippen LogP contribution in [0.15, 0.2) is 0 Å². The van der Waals surface area contributed by atoms with Gasteiger partial charge in [0.2, 0.25) is 0 Å². The normalized spacial score (nSPS) is 21.6. The van der Waals surface area contributed by atoms with Crippen LogP contribution in [-0.4, -0.2) is 90.3 Å². The predicted octanol–water partition coefficient (Wildman–Crippen LogP) is 0.310. The molecule has 0 aromatic rings. The molecule has 2 fully saturated rings. The molecule has 2 aliphatic rings. The number of carbonyl (C=O) groups excluding carboxylic acids is 1. The van der Waals surface area contributed by atoms with E-state index in [2.05, 4.69) is 11.8 Å².